The number of amides is 1. The third-order valence-electron chi connectivity index (χ3n) is 3.91. The lowest BCUT2D eigenvalue weighted by molar-refractivity contribution is -0.136. The van der Waals surface area contributed by atoms with Crippen molar-refractivity contribution in [1.82, 2.24) is 4.90 Å². The molecular formula is C19H21NO3. The van der Waals surface area contributed by atoms with Crippen molar-refractivity contribution >= 4 is 18.0 Å². The van der Waals surface area contributed by atoms with Gasteiger partial charge in [-0.15, -0.1) is 6.58 Å². The van der Waals surface area contributed by atoms with E-state index in [1.54, 1.807) is 19.1 Å². The van der Waals surface area contributed by atoms with Crippen molar-refractivity contribution in [3.05, 3.63) is 64.9 Å². The molecule has 0 fully saturated rings. The maximum Gasteiger partial charge on any atom is 0.340 e. The Labute approximate surface area is 136 Å². The fraction of sp³-hybridized carbons (Fsp3) is 0.263. The third-order valence-corrected chi connectivity index (χ3v) is 3.91. The Bertz CT molecular complexity index is 696. The van der Waals surface area contributed by atoms with Gasteiger partial charge >= 0.3 is 5.97 Å². The minimum absolute atomic E-state index is 0.206. The molecule has 1 heterocycles. The first kappa shape index (κ1) is 16.7. The summed E-state index contributed by atoms with van der Waals surface area (Å²) in [7, 11) is 1.32. The fourth-order valence-corrected chi connectivity index (χ4v) is 2.59. The van der Waals surface area contributed by atoms with Crippen molar-refractivity contribution in [2.75, 3.05) is 13.7 Å². The zero-order valence-corrected chi connectivity index (χ0v) is 13.8. The number of esters is 1. The number of hydrogen-bond donors (Lipinski definition) is 0. The molecule has 0 atom stereocenters. The molecule has 0 unspecified atom stereocenters. The van der Waals surface area contributed by atoms with Gasteiger partial charge in [-0.25, -0.2) is 4.79 Å². The molecule has 1 aliphatic heterocycles. The number of carbonyl (C=O) groups is 2. The summed E-state index contributed by atoms with van der Waals surface area (Å²) in [6.07, 6.45) is 4.32. The summed E-state index contributed by atoms with van der Waals surface area (Å²) in [6.45, 7) is 7.85. The van der Waals surface area contributed by atoms with Crippen LogP contribution in [-0.2, 0) is 20.7 Å². The highest BCUT2D eigenvalue weighted by atomic mass is 16.5. The molecule has 2 rings (SSSR count). The van der Waals surface area contributed by atoms with Crippen LogP contribution < -0.4 is 0 Å². The van der Waals surface area contributed by atoms with Gasteiger partial charge in [0.25, 0.3) is 5.91 Å². The molecule has 4 nitrogen and oxygen atoms in total. The summed E-state index contributed by atoms with van der Waals surface area (Å²) >= 11 is 0. The number of ether oxygens (including phenoxy) is 1. The summed E-state index contributed by atoms with van der Waals surface area (Å²) in [5.74, 6) is -0.707. The smallest absolute Gasteiger partial charge is 0.340 e. The molecule has 120 valence electrons. The second-order valence-corrected chi connectivity index (χ2v) is 5.31. The van der Waals surface area contributed by atoms with Crippen LogP contribution >= 0.6 is 0 Å². The largest absolute Gasteiger partial charge is 0.465 e. The van der Waals surface area contributed by atoms with E-state index in [2.05, 4.69) is 13.5 Å². The number of nitrogens with zero attached hydrogens (tertiary/aromatic N) is 1. The van der Waals surface area contributed by atoms with Crippen LogP contribution in [0.3, 0.4) is 0 Å². The maximum atomic E-state index is 12.6. The molecule has 0 saturated carbocycles. The highest BCUT2D eigenvalue weighted by Crippen LogP contribution is 2.31. The molecular weight excluding hydrogens is 290 g/mol. The fourth-order valence-electron chi connectivity index (χ4n) is 2.59. The van der Waals surface area contributed by atoms with Crippen LogP contribution in [0, 0.1) is 0 Å². The standard InChI is InChI=1S/C19H21NO3/c1-5-11-20-13(3)17(19(22)23-4)16(18(20)21)12-15-9-7-14(6-2)8-10-15/h5,7-10,12H,1,6,11H2,2-4H3/b16-12+. The van der Waals surface area contributed by atoms with Gasteiger partial charge in [-0.3, -0.25) is 4.79 Å². The van der Waals surface area contributed by atoms with E-state index in [0.29, 0.717) is 23.4 Å². The van der Waals surface area contributed by atoms with Crippen LogP contribution in [0.5, 0.6) is 0 Å². The number of aryl methyl sites for hydroxylation is 1. The Morgan fingerprint density at radius 2 is 1.96 bits per heavy atom. The Morgan fingerprint density at radius 1 is 1.30 bits per heavy atom. The van der Waals surface area contributed by atoms with Crippen LogP contribution in [0.1, 0.15) is 25.0 Å². The van der Waals surface area contributed by atoms with Gasteiger partial charge in [-0.1, -0.05) is 37.3 Å². The van der Waals surface area contributed by atoms with E-state index < -0.39 is 5.97 Å². The van der Waals surface area contributed by atoms with E-state index in [0.717, 1.165) is 12.0 Å². The van der Waals surface area contributed by atoms with E-state index in [1.807, 2.05) is 24.3 Å². The lowest BCUT2D eigenvalue weighted by atomic mass is 10.0. The quantitative estimate of drug-likeness (QED) is 0.477. The second-order valence-electron chi connectivity index (χ2n) is 5.31. The minimum Gasteiger partial charge on any atom is -0.465 e. The van der Waals surface area contributed by atoms with Gasteiger partial charge in [-0.05, 0) is 30.5 Å². The molecule has 23 heavy (non-hydrogen) atoms. The summed E-state index contributed by atoms with van der Waals surface area (Å²) in [5, 5.41) is 0. The number of hydrogen-bond acceptors (Lipinski definition) is 3. The van der Waals surface area contributed by atoms with Crippen molar-refractivity contribution < 1.29 is 14.3 Å². The predicted molar refractivity (Wildman–Crippen MR) is 90.4 cm³/mol. The van der Waals surface area contributed by atoms with Crippen LogP contribution in [0.15, 0.2) is 53.8 Å². The summed E-state index contributed by atoms with van der Waals surface area (Å²) < 4.78 is 4.84. The number of methoxy groups -OCH3 is 1. The molecule has 0 aliphatic carbocycles. The molecule has 0 radical (unpaired) electrons. The lowest BCUT2D eigenvalue weighted by Gasteiger charge is -2.14. The molecule has 1 aliphatic rings. The number of rotatable bonds is 5. The molecule has 0 saturated heterocycles. The van der Waals surface area contributed by atoms with Crippen molar-refractivity contribution in [2.45, 2.75) is 20.3 Å². The van der Waals surface area contributed by atoms with Crippen molar-refractivity contribution in [2.24, 2.45) is 0 Å². The first-order chi connectivity index (χ1) is 11.0. The van der Waals surface area contributed by atoms with Crippen molar-refractivity contribution in [3.8, 4) is 0 Å². The van der Waals surface area contributed by atoms with Crippen molar-refractivity contribution in [3.63, 3.8) is 0 Å². The normalized spacial score (nSPS) is 16.2. The highest BCUT2D eigenvalue weighted by molar-refractivity contribution is 6.16. The number of allylic oxidation sites excluding steroid dienone is 1. The van der Waals surface area contributed by atoms with E-state index in [1.165, 1.54) is 17.6 Å². The summed E-state index contributed by atoms with van der Waals surface area (Å²) in [6, 6.07) is 7.92. The molecule has 1 aromatic carbocycles. The Morgan fingerprint density at radius 3 is 2.48 bits per heavy atom. The van der Waals surface area contributed by atoms with E-state index in [4.69, 9.17) is 4.74 Å². The van der Waals surface area contributed by atoms with E-state index in [9.17, 15) is 9.59 Å². The highest BCUT2D eigenvalue weighted by Gasteiger charge is 2.36. The second kappa shape index (κ2) is 7.09. The first-order valence-corrected chi connectivity index (χ1v) is 7.56. The molecule has 1 amide bonds. The predicted octanol–water partition coefficient (Wildman–Crippen LogP) is 3.11. The SMILES string of the molecule is C=CCN1C(=O)/C(=C/c2ccc(CC)cc2)C(C(=O)OC)=C1C. The van der Waals surface area contributed by atoms with E-state index in [-0.39, 0.29) is 5.91 Å². The van der Waals surface area contributed by atoms with Gasteiger partial charge in [-0.2, -0.15) is 0 Å². The van der Waals surface area contributed by atoms with E-state index >= 15 is 0 Å². The third kappa shape index (κ3) is 3.26. The Kier molecular flexibility index (Phi) is 5.16. The van der Waals surface area contributed by atoms with Crippen LogP contribution in [0.25, 0.3) is 6.08 Å². The topological polar surface area (TPSA) is 46.6 Å². The van der Waals surface area contributed by atoms with Gasteiger partial charge in [0.1, 0.15) is 0 Å². The zero-order valence-electron chi connectivity index (χ0n) is 13.8. The number of benzene rings is 1. The number of carbonyl (C=O) groups excluding carboxylic acids is 2. The average Bonchev–Trinajstić information content (AvgIpc) is 2.80. The summed E-state index contributed by atoms with van der Waals surface area (Å²) in [5.41, 5.74) is 3.37. The molecule has 1 aromatic rings. The zero-order chi connectivity index (χ0) is 17.0. The molecule has 0 spiro atoms. The average molecular weight is 311 g/mol. The Hall–Kier alpha value is -2.62. The van der Waals surface area contributed by atoms with Crippen LogP contribution in [0.2, 0.25) is 0 Å². The van der Waals surface area contributed by atoms with Crippen LogP contribution in [-0.4, -0.2) is 30.4 Å². The van der Waals surface area contributed by atoms with Gasteiger partial charge in [0, 0.05) is 12.2 Å². The molecule has 0 bridgehead atoms. The minimum atomic E-state index is -0.501. The molecule has 0 N–H and O–H groups in total. The monoisotopic (exact) mass is 311 g/mol. The lowest BCUT2D eigenvalue weighted by Crippen LogP contribution is -2.24. The molecule has 0 aromatic heterocycles. The van der Waals surface area contributed by atoms with Gasteiger partial charge < -0.3 is 9.64 Å². The van der Waals surface area contributed by atoms with Gasteiger partial charge in [0.2, 0.25) is 0 Å². The first-order valence-electron chi connectivity index (χ1n) is 7.56. The summed E-state index contributed by atoms with van der Waals surface area (Å²) in [4.78, 5) is 26.3. The Balaban J connectivity index is 2.48. The van der Waals surface area contributed by atoms with Crippen LogP contribution in [0.4, 0.5) is 0 Å². The van der Waals surface area contributed by atoms with Gasteiger partial charge in [0.15, 0.2) is 0 Å². The molecule has 4 heteroatoms. The van der Waals surface area contributed by atoms with Crippen molar-refractivity contribution in [1.29, 1.82) is 0 Å². The maximum absolute atomic E-state index is 12.6. The van der Waals surface area contributed by atoms with Gasteiger partial charge in [0.05, 0.1) is 18.3 Å².